The van der Waals surface area contributed by atoms with E-state index < -0.39 is 5.97 Å². The van der Waals surface area contributed by atoms with Crippen molar-refractivity contribution in [2.75, 3.05) is 13.1 Å². The molecule has 0 aliphatic rings. The van der Waals surface area contributed by atoms with E-state index in [4.69, 9.17) is 5.11 Å². The zero-order valence-corrected chi connectivity index (χ0v) is 11.7. The Morgan fingerprint density at radius 3 is 2.33 bits per heavy atom. The molecule has 1 N–H and O–H groups in total. The maximum Gasteiger partial charge on any atom is 0.305 e. The fourth-order valence-corrected chi connectivity index (χ4v) is 2.47. The van der Waals surface area contributed by atoms with Crippen molar-refractivity contribution >= 4 is 5.97 Å². The second kappa shape index (κ2) is 6.55. The van der Waals surface area contributed by atoms with Crippen LogP contribution in [0.3, 0.4) is 0 Å². The third kappa shape index (κ3) is 3.57. The average Bonchev–Trinajstić information content (AvgIpc) is 2.29. The number of carbonyl (C=O) groups is 1. The van der Waals surface area contributed by atoms with Gasteiger partial charge in [-0.2, -0.15) is 0 Å². The monoisotopic (exact) mass is 249 g/mol. The quantitative estimate of drug-likeness (QED) is 0.842. The van der Waals surface area contributed by atoms with Crippen molar-refractivity contribution < 1.29 is 9.90 Å². The van der Waals surface area contributed by atoms with Gasteiger partial charge in [-0.3, -0.25) is 9.69 Å². The number of rotatable bonds is 6. The Balaban J connectivity index is 3.11. The van der Waals surface area contributed by atoms with Crippen LogP contribution in [0, 0.1) is 13.8 Å². The van der Waals surface area contributed by atoms with Crippen LogP contribution < -0.4 is 0 Å². The van der Waals surface area contributed by atoms with Gasteiger partial charge >= 0.3 is 5.97 Å². The Morgan fingerprint density at radius 2 is 1.89 bits per heavy atom. The third-order valence-corrected chi connectivity index (χ3v) is 3.41. The van der Waals surface area contributed by atoms with Crippen LogP contribution in [-0.2, 0) is 4.79 Å². The maximum absolute atomic E-state index is 11.1. The van der Waals surface area contributed by atoms with E-state index in [-0.39, 0.29) is 12.5 Å². The van der Waals surface area contributed by atoms with Crippen molar-refractivity contribution in [3.63, 3.8) is 0 Å². The van der Waals surface area contributed by atoms with Crippen molar-refractivity contribution in [3.8, 4) is 0 Å². The molecule has 0 aliphatic heterocycles. The lowest BCUT2D eigenvalue weighted by atomic mass is 9.95. The van der Waals surface area contributed by atoms with Crippen LogP contribution in [0.15, 0.2) is 18.2 Å². The zero-order chi connectivity index (χ0) is 13.7. The number of benzene rings is 1. The molecule has 18 heavy (non-hydrogen) atoms. The molecule has 1 aromatic rings. The Morgan fingerprint density at radius 1 is 1.28 bits per heavy atom. The van der Waals surface area contributed by atoms with Gasteiger partial charge in [0, 0.05) is 6.04 Å². The summed E-state index contributed by atoms with van der Waals surface area (Å²) in [7, 11) is 0. The van der Waals surface area contributed by atoms with E-state index in [9.17, 15) is 4.79 Å². The summed E-state index contributed by atoms with van der Waals surface area (Å²) in [6.45, 7) is 9.98. The first kappa shape index (κ1) is 14.7. The molecule has 0 bridgehead atoms. The first-order valence-corrected chi connectivity index (χ1v) is 6.52. The van der Waals surface area contributed by atoms with Gasteiger partial charge in [-0.25, -0.2) is 0 Å². The molecule has 100 valence electrons. The van der Waals surface area contributed by atoms with Gasteiger partial charge < -0.3 is 5.11 Å². The number of hydrogen-bond donors (Lipinski definition) is 1. The minimum Gasteiger partial charge on any atom is -0.481 e. The van der Waals surface area contributed by atoms with Gasteiger partial charge in [-0.05, 0) is 38.1 Å². The lowest BCUT2D eigenvalue weighted by Gasteiger charge is -2.30. The van der Waals surface area contributed by atoms with E-state index in [1.807, 2.05) is 0 Å². The van der Waals surface area contributed by atoms with E-state index in [1.54, 1.807) is 0 Å². The largest absolute Gasteiger partial charge is 0.481 e. The summed E-state index contributed by atoms with van der Waals surface area (Å²) < 4.78 is 0. The van der Waals surface area contributed by atoms with Gasteiger partial charge in [0.05, 0.1) is 6.42 Å². The molecule has 0 saturated carbocycles. The molecule has 0 amide bonds. The molecule has 1 atom stereocenters. The molecular weight excluding hydrogens is 226 g/mol. The van der Waals surface area contributed by atoms with Crippen LogP contribution in [0.2, 0.25) is 0 Å². The van der Waals surface area contributed by atoms with Crippen LogP contribution in [0.1, 0.15) is 43.0 Å². The van der Waals surface area contributed by atoms with Gasteiger partial charge in [0.1, 0.15) is 0 Å². The lowest BCUT2D eigenvalue weighted by Crippen LogP contribution is -2.30. The molecule has 0 aromatic heterocycles. The van der Waals surface area contributed by atoms with Crippen LogP contribution in [0.5, 0.6) is 0 Å². The Labute approximate surface area is 109 Å². The Kier molecular flexibility index (Phi) is 5.35. The summed E-state index contributed by atoms with van der Waals surface area (Å²) in [6.07, 6.45) is 0.158. The molecule has 3 nitrogen and oxygen atoms in total. The van der Waals surface area contributed by atoms with Gasteiger partial charge in [-0.1, -0.05) is 37.6 Å². The fourth-order valence-electron chi connectivity index (χ4n) is 2.47. The van der Waals surface area contributed by atoms with Crippen LogP contribution in [0.25, 0.3) is 0 Å². The molecule has 0 aliphatic carbocycles. The molecule has 3 heteroatoms. The number of hydrogen-bond acceptors (Lipinski definition) is 2. The third-order valence-electron chi connectivity index (χ3n) is 3.41. The summed E-state index contributed by atoms with van der Waals surface area (Å²) in [5.74, 6) is -0.744. The molecule has 0 fully saturated rings. The highest BCUT2D eigenvalue weighted by Crippen LogP contribution is 2.27. The van der Waals surface area contributed by atoms with Crippen molar-refractivity contribution in [1.29, 1.82) is 0 Å². The first-order chi connectivity index (χ1) is 8.49. The highest BCUT2D eigenvalue weighted by molar-refractivity contribution is 5.68. The molecule has 1 rings (SSSR count). The molecule has 1 unspecified atom stereocenters. The highest BCUT2D eigenvalue weighted by Gasteiger charge is 2.22. The summed E-state index contributed by atoms with van der Waals surface area (Å²) in [5.41, 5.74) is 3.52. The molecule has 0 saturated heterocycles. The van der Waals surface area contributed by atoms with Crippen LogP contribution in [0.4, 0.5) is 0 Å². The predicted octanol–water partition coefficient (Wildman–Crippen LogP) is 3.16. The number of carboxylic acid groups (broad SMARTS) is 1. The summed E-state index contributed by atoms with van der Waals surface area (Å²) in [5, 5.41) is 9.10. The van der Waals surface area contributed by atoms with E-state index in [2.05, 4.69) is 50.8 Å². The summed E-state index contributed by atoms with van der Waals surface area (Å²) >= 11 is 0. The number of aryl methyl sites for hydroxylation is 2. The SMILES string of the molecule is CCN(CC)C(CC(=O)O)c1ccc(C)cc1C. The average molecular weight is 249 g/mol. The van der Waals surface area contributed by atoms with E-state index in [0.29, 0.717) is 0 Å². The molecule has 0 spiro atoms. The number of aliphatic carboxylic acids is 1. The van der Waals surface area contributed by atoms with Crippen LogP contribution in [-0.4, -0.2) is 29.1 Å². The second-order valence-corrected chi connectivity index (χ2v) is 4.69. The molecule has 0 heterocycles. The topological polar surface area (TPSA) is 40.5 Å². The second-order valence-electron chi connectivity index (χ2n) is 4.69. The number of nitrogens with zero attached hydrogens (tertiary/aromatic N) is 1. The minimum absolute atomic E-state index is 0.0295. The van der Waals surface area contributed by atoms with Gasteiger partial charge in [0.15, 0.2) is 0 Å². The van der Waals surface area contributed by atoms with Gasteiger partial charge in [0.2, 0.25) is 0 Å². The smallest absolute Gasteiger partial charge is 0.305 e. The van der Waals surface area contributed by atoms with Crippen molar-refractivity contribution in [1.82, 2.24) is 4.90 Å². The first-order valence-electron chi connectivity index (χ1n) is 6.52. The molecular formula is C15H23NO2. The van der Waals surface area contributed by atoms with Gasteiger partial charge in [0.25, 0.3) is 0 Å². The lowest BCUT2D eigenvalue weighted by molar-refractivity contribution is -0.138. The van der Waals surface area contributed by atoms with Crippen molar-refractivity contribution in [2.45, 2.75) is 40.2 Å². The molecule has 0 radical (unpaired) electrons. The summed E-state index contributed by atoms with van der Waals surface area (Å²) in [6, 6.07) is 6.21. The van der Waals surface area contributed by atoms with Gasteiger partial charge in [-0.15, -0.1) is 0 Å². The van der Waals surface area contributed by atoms with Crippen molar-refractivity contribution in [3.05, 3.63) is 34.9 Å². The maximum atomic E-state index is 11.1. The van der Waals surface area contributed by atoms with Crippen LogP contribution >= 0.6 is 0 Å². The van der Waals surface area contributed by atoms with E-state index >= 15 is 0 Å². The Bertz CT molecular complexity index is 411. The fraction of sp³-hybridized carbons (Fsp3) is 0.533. The number of carboxylic acids is 1. The molecule has 1 aromatic carbocycles. The van der Waals surface area contributed by atoms with Crippen molar-refractivity contribution in [2.24, 2.45) is 0 Å². The highest BCUT2D eigenvalue weighted by atomic mass is 16.4. The normalized spacial score (nSPS) is 12.7. The standard InChI is InChI=1S/C15H23NO2/c1-5-16(6-2)14(10-15(17)18)13-8-7-11(3)9-12(13)4/h7-9,14H,5-6,10H2,1-4H3,(H,17,18). The predicted molar refractivity (Wildman–Crippen MR) is 73.8 cm³/mol. The van der Waals surface area contributed by atoms with E-state index in [1.165, 1.54) is 11.1 Å². The Hall–Kier alpha value is -1.35. The summed E-state index contributed by atoms with van der Waals surface area (Å²) in [4.78, 5) is 13.3. The zero-order valence-electron chi connectivity index (χ0n) is 11.7. The van der Waals surface area contributed by atoms with E-state index in [0.717, 1.165) is 18.7 Å². The minimum atomic E-state index is -0.744.